The number of carboxylic acids is 1. The van der Waals surface area contributed by atoms with E-state index < -0.39 is 21.8 Å². The van der Waals surface area contributed by atoms with Crippen molar-refractivity contribution in [3.63, 3.8) is 0 Å². The summed E-state index contributed by atoms with van der Waals surface area (Å²) in [6.07, 6.45) is 1.06. The molecule has 0 aliphatic heterocycles. The van der Waals surface area contributed by atoms with Crippen LogP contribution in [0.4, 0.5) is 4.39 Å². The van der Waals surface area contributed by atoms with Crippen LogP contribution in [0.3, 0.4) is 0 Å². The first-order valence-electron chi connectivity index (χ1n) is 6.26. The number of fused-ring (bicyclic) bond motifs is 1. The van der Waals surface area contributed by atoms with Crippen molar-refractivity contribution in [2.75, 3.05) is 0 Å². The molecule has 5 nitrogen and oxygen atoms in total. The van der Waals surface area contributed by atoms with Gasteiger partial charge >= 0.3 is 5.97 Å². The third-order valence-corrected chi connectivity index (χ3v) is 4.97. The maximum Gasteiger partial charge on any atom is 0.337 e. The number of aromatic carboxylic acids is 1. The van der Waals surface area contributed by atoms with Gasteiger partial charge in [0.15, 0.2) is 0 Å². The van der Waals surface area contributed by atoms with Gasteiger partial charge in [-0.2, -0.15) is 0 Å². The minimum absolute atomic E-state index is 0.110. The number of hydrogen-bond acceptors (Lipinski definition) is 3. The number of aromatic nitrogens is 1. The highest BCUT2D eigenvalue weighted by Gasteiger charge is 2.23. The molecule has 0 saturated heterocycles. The molecule has 0 bridgehead atoms. The molecule has 3 aromatic rings. The SMILES string of the molecule is O=C(O)c1cn(S(=O)(=O)c2ccc(F)cc2)c2ccccc12. The normalized spacial score (nSPS) is 11.7. The van der Waals surface area contributed by atoms with Crippen molar-refractivity contribution in [1.29, 1.82) is 0 Å². The van der Waals surface area contributed by atoms with Gasteiger partial charge in [0.1, 0.15) is 5.82 Å². The number of carboxylic acid groups (broad SMARTS) is 1. The second-order valence-corrected chi connectivity index (χ2v) is 6.43. The quantitative estimate of drug-likeness (QED) is 0.805. The lowest BCUT2D eigenvalue weighted by atomic mass is 10.2. The number of para-hydroxylation sites is 1. The summed E-state index contributed by atoms with van der Waals surface area (Å²) in [7, 11) is -4.01. The van der Waals surface area contributed by atoms with E-state index in [9.17, 15) is 22.7 Å². The molecule has 7 heteroatoms. The van der Waals surface area contributed by atoms with Gasteiger partial charge in [-0.25, -0.2) is 21.6 Å². The Morgan fingerprint density at radius 1 is 1.05 bits per heavy atom. The number of hydrogen-bond donors (Lipinski definition) is 1. The summed E-state index contributed by atoms with van der Waals surface area (Å²) in [5.41, 5.74) is 0.144. The Labute approximate surface area is 125 Å². The molecule has 0 unspecified atom stereocenters. The van der Waals surface area contributed by atoms with Crippen LogP contribution in [0.2, 0.25) is 0 Å². The van der Waals surface area contributed by atoms with Gasteiger partial charge in [0.25, 0.3) is 10.0 Å². The van der Waals surface area contributed by atoms with Crippen LogP contribution in [-0.2, 0) is 10.0 Å². The first kappa shape index (κ1) is 14.3. The topological polar surface area (TPSA) is 76.4 Å². The molecule has 3 rings (SSSR count). The van der Waals surface area contributed by atoms with Crippen LogP contribution in [0.15, 0.2) is 59.6 Å². The monoisotopic (exact) mass is 319 g/mol. The fourth-order valence-corrected chi connectivity index (χ4v) is 3.61. The molecule has 0 amide bonds. The standard InChI is InChI=1S/C15H10FNO4S/c16-10-5-7-11(8-6-10)22(20,21)17-9-13(15(18)19)12-3-1-2-4-14(12)17/h1-9H,(H,18,19). The maximum atomic E-state index is 13.0. The molecule has 1 heterocycles. The summed E-state index contributed by atoms with van der Waals surface area (Å²) in [5, 5.41) is 9.53. The molecular formula is C15H10FNO4S. The van der Waals surface area contributed by atoms with E-state index in [0.29, 0.717) is 5.39 Å². The maximum absolute atomic E-state index is 13.0. The highest BCUT2D eigenvalue weighted by atomic mass is 32.2. The molecule has 1 aromatic heterocycles. The van der Waals surface area contributed by atoms with Crippen molar-refractivity contribution in [2.24, 2.45) is 0 Å². The van der Waals surface area contributed by atoms with Gasteiger partial charge in [-0.05, 0) is 30.3 Å². The van der Waals surface area contributed by atoms with Crippen LogP contribution in [0.25, 0.3) is 10.9 Å². The first-order valence-corrected chi connectivity index (χ1v) is 7.70. The Morgan fingerprint density at radius 3 is 2.32 bits per heavy atom. The lowest BCUT2D eigenvalue weighted by Gasteiger charge is -2.07. The third-order valence-electron chi connectivity index (χ3n) is 3.28. The van der Waals surface area contributed by atoms with E-state index in [0.717, 1.165) is 34.4 Å². The van der Waals surface area contributed by atoms with Crippen LogP contribution in [0.5, 0.6) is 0 Å². The van der Waals surface area contributed by atoms with Gasteiger partial charge in [-0.3, -0.25) is 0 Å². The lowest BCUT2D eigenvalue weighted by Crippen LogP contribution is -2.12. The Morgan fingerprint density at radius 2 is 1.68 bits per heavy atom. The number of nitrogens with zero attached hydrogens (tertiary/aromatic N) is 1. The average molecular weight is 319 g/mol. The highest BCUT2D eigenvalue weighted by Crippen LogP contribution is 2.26. The molecule has 0 saturated carbocycles. The molecule has 0 spiro atoms. The third kappa shape index (κ3) is 2.15. The van der Waals surface area contributed by atoms with E-state index in [-0.39, 0.29) is 16.0 Å². The average Bonchev–Trinajstić information content (AvgIpc) is 2.88. The van der Waals surface area contributed by atoms with Crippen molar-refractivity contribution in [2.45, 2.75) is 4.90 Å². The van der Waals surface area contributed by atoms with Gasteiger partial charge in [-0.15, -0.1) is 0 Å². The summed E-state index contributed by atoms with van der Waals surface area (Å²) < 4.78 is 39.1. The summed E-state index contributed by atoms with van der Waals surface area (Å²) in [6, 6.07) is 10.7. The van der Waals surface area contributed by atoms with Crippen molar-refractivity contribution in [1.82, 2.24) is 3.97 Å². The van der Waals surface area contributed by atoms with Gasteiger partial charge in [-0.1, -0.05) is 18.2 Å². The van der Waals surface area contributed by atoms with E-state index in [1.807, 2.05) is 0 Å². The van der Waals surface area contributed by atoms with Crippen molar-refractivity contribution in [3.8, 4) is 0 Å². The van der Waals surface area contributed by atoms with Crippen LogP contribution in [0.1, 0.15) is 10.4 Å². The summed E-state index contributed by atoms with van der Waals surface area (Å²) in [6.45, 7) is 0. The molecule has 22 heavy (non-hydrogen) atoms. The first-order chi connectivity index (χ1) is 10.4. The molecule has 1 N–H and O–H groups in total. The number of benzene rings is 2. The predicted molar refractivity (Wildman–Crippen MR) is 77.9 cm³/mol. The van der Waals surface area contributed by atoms with Gasteiger partial charge < -0.3 is 5.11 Å². The predicted octanol–water partition coefficient (Wildman–Crippen LogP) is 2.72. The zero-order valence-electron chi connectivity index (χ0n) is 11.1. The van der Waals surface area contributed by atoms with Crippen LogP contribution < -0.4 is 0 Å². The second-order valence-electron chi connectivity index (χ2n) is 4.62. The zero-order chi connectivity index (χ0) is 15.9. The van der Waals surface area contributed by atoms with E-state index >= 15 is 0 Å². The molecule has 0 fully saturated rings. The van der Waals surface area contributed by atoms with Crippen molar-refractivity contribution in [3.05, 3.63) is 66.1 Å². The highest BCUT2D eigenvalue weighted by molar-refractivity contribution is 7.90. The molecule has 0 aliphatic rings. The summed E-state index contributed by atoms with van der Waals surface area (Å²) in [4.78, 5) is 11.2. The molecule has 0 atom stereocenters. The Kier molecular flexibility index (Phi) is 3.22. The Bertz CT molecular complexity index is 974. The van der Waals surface area contributed by atoms with E-state index in [4.69, 9.17) is 0 Å². The molecule has 0 aliphatic carbocycles. The number of halogens is 1. The fourth-order valence-electron chi connectivity index (χ4n) is 2.24. The molecular weight excluding hydrogens is 309 g/mol. The van der Waals surface area contributed by atoms with Crippen LogP contribution in [-0.4, -0.2) is 23.5 Å². The van der Waals surface area contributed by atoms with E-state index in [2.05, 4.69) is 0 Å². The van der Waals surface area contributed by atoms with E-state index in [1.165, 1.54) is 12.1 Å². The largest absolute Gasteiger partial charge is 0.478 e. The van der Waals surface area contributed by atoms with Gasteiger partial charge in [0, 0.05) is 11.6 Å². The number of rotatable bonds is 3. The van der Waals surface area contributed by atoms with Gasteiger partial charge in [0.2, 0.25) is 0 Å². The smallest absolute Gasteiger partial charge is 0.337 e. The zero-order valence-corrected chi connectivity index (χ0v) is 11.9. The van der Waals surface area contributed by atoms with E-state index in [1.54, 1.807) is 12.1 Å². The number of carbonyl (C=O) groups is 1. The van der Waals surface area contributed by atoms with Gasteiger partial charge in [0.05, 0.1) is 16.0 Å². The van der Waals surface area contributed by atoms with Crippen molar-refractivity contribution >= 4 is 26.9 Å². The van der Waals surface area contributed by atoms with Crippen LogP contribution >= 0.6 is 0 Å². The van der Waals surface area contributed by atoms with Crippen LogP contribution in [0, 0.1) is 5.82 Å². The molecule has 112 valence electrons. The van der Waals surface area contributed by atoms with Crippen molar-refractivity contribution < 1.29 is 22.7 Å². The second kappa shape index (κ2) is 4.96. The Hall–Kier alpha value is -2.67. The summed E-state index contributed by atoms with van der Waals surface area (Å²) >= 11 is 0. The lowest BCUT2D eigenvalue weighted by molar-refractivity contribution is 0.0699. The summed E-state index contributed by atoms with van der Waals surface area (Å²) in [5.74, 6) is -1.77. The molecule has 0 radical (unpaired) electrons. The minimum Gasteiger partial charge on any atom is -0.478 e. The molecule has 2 aromatic carbocycles. The Balaban J connectivity index is 2.30. The minimum atomic E-state index is -4.01. The fraction of sp³-hybridized carbons (Fsp3) is 0.